The predicted octanol–water partition coefficient (Wildman–Crippen LogP) is 5.30. The van der Waals surface area contributed by atoms with Gasteiger partial charge in [0.25, 0.3) is 0 Å². The van der Waals surface area contributed by atoms with Crippen molar-refractivity contribution in [2.24, 2.45) is 0 Å². The summed E-state index contributed by atoms with van der Waals surface area (Å²) < 4.78 is 13.8. The zero-order valence-electron chi connectivity index (χ0n) is 12.5. The van der Waals surface area contributed by atoms with Gasteiger partial charge in [-0.3, -0.25) is 0 Å². The molecule has 0 aromatic heterocycles. The van der Waals surface area contributed by atoms with E-state index in [1.54, 1.807) is 0 Å². The number of hydrogen-bond donors (Lipinski definition) is 0. The van der Waals surface area contributed by atoms with E-state index in [4.69, 9.17) is 8.85 Å². The van der Waals surface area contributed by atoms with Gasteiger partial charge in [0, 0.05) is 13.2 Å². The highest BCUT2D eigenvalue weighted by atomic mass is 127. The quantitative estimate of drug-likeness (QED) is 0.185. The van der Waals surface area contributed by atoms with Crippen LogP contribution in [-0.4, -0.2) is 26.2 Å². The Kier molecular flexibility index (Phi) is 13.5. The molecule has 0 N–H and O–H groups in total. The topological polar surface area (TPSA) is 18.5 Å². The smallest absolute Gasteiger partial charge is 0.338 e. The Bertz CT molecular complexity index is 169. The third-order valence-corrected chi connectivity index (χ3v) is 7.65. The van der Waals surface area contributed by atoms with Crippen LogP contribution in [0, 0.1) is 0 Å². The maximum Gasteiger partial charge on any atom is 0.338 e. The molecule has 0 aliphatic rings. The zero-order chi connectivity index (χ0) is 13.7. The monoisotopic (exact) mass is 386 g/mol. The van der Waals surface area contributed by atoms with Crippen molar-refractivity contribution in [2.45, 2.75) is 71.4 Å². The van der Waals surface area contributed by atoms with E-state index in [0.29, 0.717) is 0 Å². The summed E-state index contributed by atoms with van der Waals surface area (Å²) in [5.74, 6) is 0. The molecule has 110 valence electrons. The van der Waals surface area contributed by atoms with Crippen molar-refractivity contribution >= 4 is 31.2 Å². The fourth-order valence-electron chi connectivity index (χ4n) is 1.98. The van der Waals surface area contributed by atoms with Crippen LogP contribution in [0.15, 0.2) is 0 Å². The second-order valence-electron chi connectivity index (χ2n) is 4.86. The highest BCUT2D eigenvalue weighted by molar-refractivity contribution is 14.1. The van der Waals surface area contributed by atoms with Gasteiger partial charge in [0.15, 0.2) is 0 Å². The lowest BCUT2D eigenvalue weighted by molar-refractivity contribution is 0.162. The molecule has 0 heterocycles. The van der Waals surface area contributed by atoms with Crippen molar-refractivity contribution < 1.29 is 8.85 Å². The van der Waals surface area contributed by atoms with E-state index in [-0.39, 0.29) is 0 Å². The van der Waals surface area contributed by atoms with Crippen molar-refractivity contribution in [2.75, 3.05) is 17.6 Å². The van der Waals surface area contributed by atoms with Gasteiger partial charge < -0.3 is 8.85 Å². The second-order valence-corrected chi connectivity index (χ2v) is 9.33. The fraction of sp³-hybridized carbons (Fsp3) is 1.00. The molecule has 0 aromatic carbocycles. The van der Waals surface area contributed by atoms with Crippen LogP contribution in [0.1, 0.15) is 59.3 Å². The molecule has 0 bridgehead atoms. The third kappa shape index (κ3) is 8.88. The minimum absolute atomic E-state index is 0.899. The van der Waals surface area contributed by atoms with Gasteiger partial charge in [-0.25, -0.2) is 0 Å². The number of halogens is 1. The van der Waals surface area contributed by atoms with Gasteiger partial charge in [-0.05, 0) is 35.8 Å². The molecule has 0 fully saturated rings. The van der Waals surface area contributed by atoms with E-state index in [2.05, 4.69) is 43.4 Å². The van der Waals surface area contributed by atoms with Crippen LogP contribution in [-0.2, 0) is 8.85 Å². The molecule has 0 saturated carbocycles. The summed E-state index contributed by atoms with van der Waals surface area (Å²) in [6.07, 6.45) is 7.17. The van der Waals surface area contributed by atoms with Crippen molar-refractivity contribution in [3.05, 3.63) is 0 Å². The molecule has 0 atom stereocenters. The Labute approximate surface area is 129 Å². The van der Waals surface area contributed by atoms with Crippen LogP contribution in [0.5, 0.6) is 0 Å². The summed E-state index contributed by atoms with van der Waals surface area (Å²) in [7, 11) is -1.90. The van der Waals surface area contributed by atoms with Crippen LogP contribution < -0.4 is 0 Å². The molecule has 0 aromatic rings. The van der Waals surface area contributed by atoms with Crippen LogP contribution >= 0.6 is 22.6 Å². The first-order chi connectivity index (χ1) is 8.74. The van der Waals surface area contributed by atoms with Crippen LogP contribution in [0.2, 0.25) is 12.1 Å². The van der Waals surface area contributed by atoms with E-state index in [1.165, 1.54) is 49.0 Å². The zero-order valence-corrected chi connectivity index (χ0v) is 15.6. The van der Waals surface area contributed by atoms with Crippen molar-refractivity contribution in [3.63, 3.8) is 0 Å². The molecule has 0 saturated heterocycles. The molecule has 4 heteroatoms. The van der Waals surface area contributed by atoms with Gasteiger partial charge >= 0.3 is 8.56 Å². The van der Waals surface area contributed by atoms with E-state index < -0.39 is 8.56 Å². The highest BCUT2D eigenvalue weighted by Gasteiger charge is 2.35. The molecule has 2 nitrogen and oxygen atoms in total. The molecule has 0 unspecified atom stereocenters. The van der Waals surface area contributed by atoms with Crippen LogP contribution in [0.25, 0.3) is 0 Å². The lowest BCUT2D eigenvalue weighted by Crippen LogP contribution is -2.42. The highest BCUT2D eigenvalue weighted by Crippen LogP contribution is 2.24. The predicted molar refractivity (Wildman–Crippen MR) is 90.9 cm³/mol. The summed E-state index contributed by atoms with van der Waals surface area (Å²) >= 11 is 2.46. The first-order valence-electron chi connectivity index (χ1n) is 7.58. The van der Waals surface area contributed by atoms with Crippen LogP contribution in [0.3, 0.4) is 0 Å². The molecule has 0 radical (unpaired) electrons. The largest absolute Gasteiger partial charge is 0.394 e. The maximum atomic E-state index is 6.27. The number of rotatable bonds is 13. The van der Waals surface area contributed by atoms with E-state index in [0.717, 1.165) is 19.3 Å². The van der Waals surface area contributed by atoms with E-state index in [1.807, 2.05) is 0 Å². The van der Waals surface area contributed by atoms with E-state index in [9.17, 15) is 0 Å². The van der Waals surface area contributed by atoms with Gasteiger partial charge in [-0.2, -0.15) is 0 Å². The lowest BCUT2D eigenvalue weighted by atomic mass is 10.4. The number of alkyl halides is 1. The normalized spacial score (nSPS) is 12.0. The Morgan fingerprint density at radius 3 is 1.72 bits per heavy atom. The fourth-order valence-corrected chi connectivity index (χ4v) is 6.50. The third-order valence-electron chi connectivity index (χ3n) is 3.05. The molecule has 0 aliphatic carbocycles. The first kappa shape index (κ1) is 18.9. The van der Waals surface area contributed by atoms with Crippen LogP contribution in [0.4, 0.5) is 0 Å². The SMILES string of the molecule is CCCCO[Si](CCC)(CCCI)OCCCC. The Balaban J connectivity index is 4.34. The molecule has 0 spiro atoms. The second kappa shape index (κ2) is 12.9. The van der Waals surface area contributed by atoms with Crippen molar-refractivity contribution in [1.29, 1.82) is 0 Å². The summed E-state index contributed by atoms with van der Waals surface area (Å²) in [6.45, 7) is 8.48. The maximum absolute atomic E-state index is 6.27. The number of unbranched alkanes of at least 4 members (excludes halogenated alkanes) is 2. The molecule has 0 amide bonds. The summed E-state index contributed by atoms with van der Waals surface area (Å²) in [4.78, 5) is 0. The summed E-state index contributed by atoms with van der Waals surface area (Å²) in [5.41, 5.74) is 0. The molecule has 18 heavy (non-hydrogen) atoms. The van der Waals surface area contributed by atoms with Gasteiger partial charge in [0.05, 0.1) is 0 Å². The summed E-state index contributed by atoms with van der Waals surface area (Å²) in [6, 6.07) is 2.34. The average Bonchev–Trinajstić information content (AvgIpc) is 2.37. The lowest BCUT2D eigenvalue weighted by Gasteiger charge is -2.30. The average molecular weight is 386 g/mol. The molecule has 0 rings (SSSR count). The van der Waals surface area contributed by atoms with Gasteiger partial charge in [0.1, 0.15) is 0 Å². The minimum atomic E-state index is -1.90. The van der Waals surface area contributed by atoms with E-state index >= 15 is 0 Å². The first-order valence-corrected chi connectivity index (χ1v) is 11.3. The summed E-state index contributed by atoms with van der Waals surface area (Å²) in [5, 5.41) is 0. The minimum Gasteiger partial charge on any atom is -0.394 e. The Morgan fingerprint density at radius 1 is 0.778 bits per heavy atom. The number of hydrogen-bond acceptors (Lipinski definition) is 2. The van der Waals surface area contributed by atoms with Gasteiger partial charge in [0.2, 0.25) is 0 Å². The molecular weight excluding hydrogens is 355 g/mol. The molecule has 0 aliphatic heterocycles. The van der Waals surface area contributed by atoms with Gasteiger partial charge in [-0.15, -0.1) is 0 Å². The standard InChI is InChI=1S/C14H31IO2Si/c1-4-7-11-16-18(13-6-3,14-9-10-15)17-12-8-5-2/h4-14H2,1-3H3. The van der Waals surface area contributed by atoms with Crippen molar-refractivity contribution in [1.82, 2.24) is 0 Å². The van der Waals surface area contributed by atoms with Gasteiger partial charge in [-0.1, -0.05) is 62.6 Å². The Hall–Kier alpha value is 0.867. The Morgan fingerprint density at radius 2 is 1.33 bits per heavy atom. The molecular formula is C14H31IO2Si. The van der Waals surface area contributed by atoms with Crippen molar-refractivity contribution in [3.8, 4) is 0 Å².